The van der Waals surface area contributed by atoms with E-state index in [1.165, 1.54) is 0 Å². The number of hydrogen-bond acceptors (Lipinski definition) is 3. The summed E-state index contributed by atoms with van der Waals surface area (Å²) in [5, 5.41) is 3.29. The van der Waals surface area contributed by atoms with Crippen LogP contribution < -0.4 is 14.8 Å². The van der Waals surface area contributed by atoms with Gasteiger partial charge in [-0.3, -0.25) is 4.79 Å². The number of para-hydroxylation sites is 1. The minimum Gasteiger partial charge on any atom is -0.493 e. The van der Waals surface area contributed by atoms with Crippen molar-refractivity contribution in [3.63, 3.8) is 0 Å². The Kier molecular flexibility index (Phi) is 6.50. The number of rotatable bonds is 7. The van der Waals surface area contributed by atoms with Crippen LogP contribution >= 0.6 is 11.6 Å². The highest BCUT2D eigenvalue weighted by molar-refractivity contribution is 6.32. The number of benzene rings is 2. The quantitative estimate of drug-likeness (QED) is 0.784. The van der Waals surface area contributed by atoms with E-state index in [0.29, 0.717) is 29.0 Å². The maximum Gasteiger partial charge on any atom is 0.265 e. The highest BCUT2D eigenvalue weighted by Crippen LogP contribution is 2.24. The van der Waals surface area contributed by atoms with E-state index in [0.717, 1.165) is 5.75 Å². The molecule has 0 aliphatic carbocycles. The fraction of sp³-hybridized carbons (Fsp3) is 0.316. The summed E-state index contributed by atoms with van der Waals surface area (Å²) < 4.78 is 11.2. The number of anilines is 1. The van der Waals surface area contributed by atoms with E-state index < -0.39 is 6.10 Å². The minimum atomic E-state index is -0.665. The first-order valence-corrected chi connectivity index (χ1v) is 8.28. The first kappa shape index (κ1) is 18.1. The van der Waals surface area contributed by atoms with Gasteiger partial charge in [-0.05, 0) is 49.2 Å². The number of carbonyl (C=O) groups is 1. The maximum absolute atomic E-state index is 12.2. The SMILES string of the molecule is CC(C)COc1ccc(NC(=O)[C@H](C)Oc2ccccc2Cl)cc1. The molecule has 1 amide bonds. The van der Waals surface area contributed by atoms with Crippen molar-refractivity contribution >= 4 is 23.2 Å². The van der Waals surface area contributed by atoms with Crippen molar-refractivity contribution in [3.05, 3.63) is 53.6 Å². The van der Waals surface area contributed by atoms with Crippen LogP contribution in [0, 0.1) is 5.92 Å². The smallest absolute Gasteiger partial charge is 0.265 e. The molecule has 0 heterocycles. The molecule has 5 heteroatoms. The van der Waals surface area contributed by atoms with Crippen LogP contribution in [0.4, 0.5) is 5.69 Å². The molecule has 0 spiro atoms. The Hall–Kier alpha value is -2.20. The van der Waals surface area contributed by atoms with E-state index in [2.05, 4.69) is 19.2 Å². The van der Waals surface area contributed by atoms with Crippen molar-refractivity contribution in [2.45, 2.75) is 26.9 Å². The molecule has 128 valence electrons. The zero-order valence-electron chi connectivity index (χ0n) is 14.1. The molecular weight excluding hydrogens is 326 g/mol. The molecule has 0 bridgehead atoms. The van der Waals surface area contributed by atoms with Gasteiger partial charge in [0, 0.05) is 5.69 Å². The molecule has 0 radical (unpaired) electrons. The average molecular weight is 348 g/mol. The van der Waals surface area contributed by atoms with Crippen molar-refractivity contribution in [1.82, 2.24) is 0 Å². The molecule has 2 aromatic carbocycles. The summed E-state index contributed by atoms with van der Waals surface area (Å²) in [6.45, 7) is 6.52. The number of carbonyl (C=O) groups excluding carboxylic acids is 1. The maximum atomic E-state index is 12.2. The van der Waals surface area contributed by atoms with Gasteiger partial charge in [0.25, 0.3) is 5.91 Å². The van der Waals surface area contributed by atoms with E-state index >= 15 is 0 Å². The zero-order valence-corrected chi connectivity index (χ0v) is 14.8. The molecule has 2 rings (SSSR count). The molecule has 0 unspecified atom stereocenters. The van der Waals surface area contributed by atoms with Gasteiger partial charge in [-0.1, -0.05) is 37.6 Å². The van der Waals surface area contributed by atoms with E-state index in [9.17, 15) is 4.79 Å². The second kappa shape index (κ2) is 8.60. The number of hydrogen-bond donors (Lipinski definition) is 1. The second-order valence-electron chi connectivity index (χ2n) is 5.91. The summed E-state index contributed by atoms with van der Waals surface area (Å²) in [7, 11) is 0. The van der Waals surface area contributed by atoms with Gasteiger partial charge in [-0.15, -0.1) is 0 Å². The third-order valence-electron chi connectivity index (χ3n) is 3.21. The molecule has 0 aromatic heterocycles. The number of amides is 1. The summed E-state index contributed by atoms with van der Waals surface area (Å²) >= 11 is 6.03. The van der Waals surface area contributed by atoms with Crippen LogP contribution in [-0.4, -0.2) is 18.6 Å². The number of nitrogens with one attached hydrogen (secondary N) is 1. The summed E-state index contributed by atoms with van der Waals surface area (Å²) in [6, 6.07) is 14.3. The van der Waals surface area contributed by atoms with Gasteiger partial charge >= 0.3 is 0 Å². The molecule has 0 saturated carbocycles. The van der Waals surface area contributed by atoms with Gasteiger partial charge in [0.2, 0.25) is 0 Å². The van der Waals surface area contributed by atoms with Gasteiger partial charge in [-0.25, -0.2) is 0 Å². The van der Waals surface area contributed by atoms with Gasteiger partial charge in [0.05, 0.1) is 11.6 Å². The molecule has 1 atom stereocenters. The lowest BCUT2D eigenvalue weighted by molar-refractivity contribution is -0.122. The van der Waals surface area contributed by atoms with Crippen LogP contribution in [-0.2, 0) is 4.79 Å². The van der Waals surface area contributed by atoms with Crippen molar-refractivity contribution in [2.75, 3.05) is 11.9 Å². The van der Waals surface area contributed by atoms with E-state index in [1.807, 2.05) is 24.3 Å². The molecule has 0 saturated heterocycles. The Balaban J connectivity index is 1.90. The van der Waals surface area contributed by atoms with Crippen LogP contribution in [0.1, 0.15) is 20.8 Å². The molecule has 0 fully saturated rings. The fourth-order valence-corrected chi connectivity index (χ4v) is 2.11. The van der Waals surface area contributed by atoms with Crippen molar-refractivity contribution in [3.8, 4) is 11.5 Å². The Morgan fingerprint density at radius 1 is 1.08 bits per heavy atom. The third-order valence-corrected chi connectivity index (χ3v) is 3.53. The first-order valence-electron chi connectivity index (χ1n) is 7.90. The topological polar surface area (TPSA) is 47.6 Å². The summed E-state index contributed by atoms with van der Waals surface area (Å²) in [4.78, 5) is 12.2. The van der Waals surface area contributed by atoms with Crippen molar-refractivity contribution in [1.29, 1.82) is 0 Å². The van der Waals surface area contributed by atoms with E-state index in [-0.39, 0.29) is 5.91 Å². The van der Waals surface area contributed by atoms with Gasteiger partial charge in [-0.2, -0.15) is 0 Å². The Labute approximate surface area is 147 Å². The number of halogens is 1. The van der Waals surface area contributed by atoms with Gasteiger partial charge in [0.1, 0.15) is 11.5 Å². The summed E-state index contributed by atoms with van der Waals surface area (Å²) in [5.74, 6) is 1.49. The van der Waals surface area contributed by atoms with Crippen LogP contribution in [0.5, 0.6) is 11.5 Å². The highest BCUT2D eigenvalue weighted by atomic mass is 35.5. The molecule has 0 aliphatic heterocycles. The minimum absolute atomic E-state index is 0.245. The van der Waals surface area contributed by atoms with E-state index in [4.69, 9.17) is 21.1 Å². The Morgan fingerprint density at radius 2 is 1.75 bits per heavy atom. The predicted octanol–water partition coefficient (Wildman–Crippen LogP) is 4.78. The lowest BCUT2D eigenvalue weighted by atomic mass is 10.2. The molecular formula is C19H22ClNO3. The molecule has 4 nitrogen and oxygen atoms in total. The third kappa shape index (κ3) is 5.46. The van der Waals surface area contributed by atoms with Crippen molar-refractivity contribution < 1.29 is 14.3 Å². The van der Waals surface area contributed by atoms with Crippen LogP contribution in [0.2, 0.25) is 5.02 Å². The standard InChI is InChI=1S/C19H22ClNO3/c1-13(2)12-23-16-10-8-15(9-11-16)21-19(22)14(3)24-18-7-5-4-6-17(18)20/h4-11,13-14H,12H2,1-3H3,(H,21,22)/t14-/m0/s1. The Morgan fingerprint density at radius 3 is 2.38 bits per heavy atom. The van der Waals surface area contributed by atoms with E-state index in [1.54, 1.807) is 31.2 Å². The summed E-state index contributed by atoms with van der Waals surface area (Å²) in [5.41, 5.74) is 0.687. The molecule has 1 N–H and O–H groups in total. The molecule has 24 heavy (non-hydrogen) atoms. The largest absolute Gasteiger partial charge is 0.493 e. The Bertz CT molecular complexity index is 671. The normalized spacial score (nSPS) is 11.9. The highest BCUT2D eigenvalue weighted by Gasteiger charge is 2.16. The van der Waals surface area contributed by atoms with Crippen LogP contribution in [0.15, 0.2) is 48.5 Å². The fourth-order valence-electron chi connectivity index (χ4n) is 1.93. The lowest BCUT2D eigenvalue weighted by Crippen LogP contribution is -2.30. The predicted molar refractivity (Wildman–Crippen MR) is 96.9 cm³/mol. The van der Waals surface area contributed by atoms with Crippen molar-refractivity contribution in [2.24, 2.45) is 5.92 Å². The van der Waals surface area contributed by atoms with Crippen LogP contribution in [0.3, 0.4) is 0 Å². The molecule has 2 aromatic rings. The van der Waals surface area contributed by atoms with Gasteiger partial charge in [0.15, 0.2) is 6.10 Å². The first-order chi connectivity index (χ1) is 11.5. The lowest BCUT2D eigenvalue weighted by Gasteiger charge is -2.16. The molecule has 0 aliphatic rings. The monoisotopic (exact) mass is 347 g/mol. The second-order valence-corrected chi connectivity index (χ2v) is 6.32. The van der Waals surface area contributed by atoms with Crippen LogP contribution in [0.25, 0.3) is 0 Å². The van der Waals surface area contributed by atoms with Gasteiger partial charge < -0.3 is 14.8 Å². The number of ether oxygens (including phenoxy) is 2. The summed E-state index contributed by atoms with van der Waals surface area (Å²) in [6.07, 6.45) is -0.665. The zero-order chi connectivity index (χ0) is 17.5. The average Bonchev–Trinajstić information content (AvgIpc) is 2.56.